The molecule has 0 aromatic heterocycles. The van der Waals surface area contributed by atoms with Crippen LogP contribution in [0.3, 0.4) is 0 Å². The SMILES string of the molecule is CCOC1(C(=O)Cc2cc(Cl)ccc2Cl)CCCC(C)C1. The van der Waals surface area contributed by atoms with Gasteiger partial charge in [-0.2, -0.15) is 0 Å². The van der Waals surface area contributed by atoms with Crippen molar-refractivity contribution in [2.24, 2.45) is 5.92 Å². The van der Waals surface area contributed by atoms with Crippen LogP contribution in [0.1, 0.15) is 45.1 Å². The normalized spacial score (nSPS) is 25.8. The molecular weight excluding hydrogens is 307 g/mol. The highest BCUT2D eigenvalue weighted by molar-refractivity contribution is 6.33. The average molecular weight is 329 g/mol. The average Bonchev–Trinajstić information content (AvgIpc) is 2.43. The minimum Gasteiger partial charge on any atom is -0.367 e. The van der Waals surface area contributed by atoms with Gasteiger partial charge in [0, 0.05) is 23.1 Å². The van der Waals surface area contributed by atoms with Gasteiger partial charge in [0.2, 0.25) is 0 Å². The molecule has 1 aliphatic rings. The van der Waals surface area contributed by atoms with Crippen LogP contribution in [0.15, 0.2) is 18.2 Å². The molecule has 21 heavy (non-hydrogen) atoms. The summed E-state index contributed by atoms with van der Waals surface area (Å²) in [6.07, 6.45) is 4.10. The van der Waals surface area contributed by atoms with E-state index in [1.54, 1.807) is 18.2 Å². The third-order valence-corrected chi connectivity index (χ3v) is 4.85. The minimum absolute atomic E-state index is 0.125. The van der Waals surface area contributed by atoms with E-state index in [9.17, 15) is 4.79 Å². The van der Waals surface area contributed by atoms with E-state index in [1.165, 1.54) is 6.42 Å². The lowest BCUT2D eigenvalue weighted by molar-refractivity contribution is -0.150. The van der Waals surface area contributed by atoms with Gasteiger partial charge in [-0.05, 0) is 55.9 Å². The highest BCUT2D eigenvalue weighted by atomic mass is 35.5. The largest absolute Gasteiger partial charge is 0.367 e. The fraction of sp³-hybridized carbons (Fsp3) is 0.588. The Bertz CT molecular complexity index is 512. The molecule has 2 rings (SSSR count). The summed E-state index contributed by atoms with van der Waals surface area (Å²) in [6, 6.07) is 5.25. The van der Waals surface area contributed by atoms with Crippen LogP contribution >= 0.6 is 23.2 Å². The van der Waals surface area contributed by atoms with Crippen LogP contribution in [0, 0.1) is 5.92 Å². The summed E-state index contributed by atoms with van der Waals surface area (Å²) in [4.78, 5) is 12.9. The fourth-order valence-electron chi connectivity index (χ4n) is 3.26. The van der Waals surface area contributed by atoms with Crippen molar-refractivity contribution in [3.8, 4) is 0 Å². The highest BCUT2D eigenvalue weighted by Crippen LogP contribution is 2.37. The number of ketones is 1. The standard InChI is InChI=1S/C17H22Cl2O2/c1-3-21-17(8-4-5-12(2)11-17)16(20)10-13-9-14(18)6-7-15(13)19/h6-7,9,12H,3-5,8,10-11H2,1-2H3. The zero-order chi connectivity index (χ0) is 15.5. The highest BCUT2D eigenvalue weighted by Gasteiger charge is 2.42. The molecule has 1 fully saturated rings. The Labute approximate surface area is 136 Å². The summed E-state index contributed by atoms with van der Waals surface area (Å²) in [7, 11) is 0. The quantitative estimate of drug-likeness (QED) is 0.752. The molecule has 0 bridgehead atoms. The van der Waals surface area contributed by atoms with Crippen LogP contribution in [-0.2, 0) is 16.0 Å². The van der Waals surface area contributed by atoms with Crippen molar-refractivity contribution in [3.63, 3.8) is 0 Å². The van der Waals surface area contributed by atoms with Crippen LogP contribution in [0.5, 0.6) is 0 Å². The zero-order valence-electron chi connectivity index (χ0n) is 12.6. The molecule has 2 unspecified atom stereocenters. The van der Waals surface area contributed by atoms with E-state index < -0.39 is 5.60 Å². The number of carbonyl (C=O) groups excluding carboxylic acids is 1. The monoisotopic (exact) mass is 328 g/mol. The van der Waals surface area contributed by atoms with Gasteiger partial charge in [-0.1, -0.05) is 36.5 Å². The van der Waals surface area contributed by atoms with Crippen molar-refractivity contribution >= 4 is 29.0 Å². The van der Waals surface area contributed by atoms with Crippen molar-refractivity contribution in [3.05, 3.63) is 33.8 Å². The van der Waals surface area contributed by atoms with Crippen LogP contribution in [-0.4, -0.2) is 18.0 Å². The molecule has 0 amide bonds. The predicted molar refractivity (Wildman–Crippen MR) is 87.2 cm³/mol. The third-order valence-electron chi connectivity index (χ3n) is 4.24. The molecule has 1 aromatic carbocycles. The molecule has 0 spiro atoms. The van der Waals surface area contributed by atoms with Gasteiger partial charge in [-0.25, -0.2) is 0 Å². The van der Waals surface area contributed by atoms with Gasteiger partial charge in [-0.15, -0.1) is 0 Å². The number of ether oxygens (including phenoxy) is 1. The van der Waals surface area contributed by atoms with Gasteiger partial charge < -0.3 is 4.74 Å². The summed E-state index contributed by atoms with van der Waals surface area (Å²) in [5, 5.41) is 1.19. The Morgan fingerprint density at radius 1 is 1.43 bits per heavy atom. The second kappa shape index (κ2) is 7.13. The lowest BCUT2D eigenvalue weighted by atomic mass is 9.75. The van der Waals surface area contributed by atoms with Gasteiger partial charge in [0.15, 0.2) is 5.78 Å². The van der Waals surface area contributed by atoms with Gasteiger partial charge >= 0.3 is 0 Å². The van der Waals surface area contributed by atoms with E-state index in [-0.39, 0.29) is 12.2 Å². The predicted octanol–water partition coefficient (Wildman–Crippen LogP) is 5.09. The Morgan fingerprint density at radius 3 is 2.86 bits per heavy atom. The number of hydrogen-bond acceptors (Lipinski definition) is 2. The number of Topliss-reactive ketones (excluding diaryl/α,β-unsaturated/α-hetero) is 1. The Balaban J connectivity index is 2.20. The number of benzene rings is 1. The van der Waals surface area contributed by atoms with Gasteiger partial charge in [0.05, 0.1) is 0 Å². The molecule has 2 atom stereocenters. The summed E-state index contributed by atoms with van der Waals surface area (Å²) in [5.74, 6) is 0.643. The van der Waals surface area contributed by atoms with Crippen molar-refractivity contribution in [2.75, 3.05) is 6.61 Å². The smallest absolute Gasteiger partial charge is 0.169 e. The van der Waals surface area contributed by atoms with Crippen LogP contribution in [0.25, 0.3) is 0 Å². The van der Waals surface area contributed by atoms with E-state index >= 15 is 0 Å². The number of halogens is 2. The van der Waals surface area contributed by atoms with Crippen LogP contribution in [0.2, 0.25) is 10.0 Å². The first-order valence-corrected chi connectivity index (χ1v) is 8.33. The molecule has 0 saturated heterocycles. The summed E-state index contributed by atoms with van der Waals surface area (Å²) < 4.78 is 5.92. The fourth-order valence-corrected chi connectivity index (χ4v) is 3.64. The molecule has 2 nitrogen and oxygen atoms in total. The number of rotatable bonds is 5. The molecular formula is C17H22Cl2O2. The lowest BCUT2D eigenvalue weighted by Gasteiger charge is -2.38. The van der Waals surface area contributed by atoms with E-state index in [0.717, 1.165) is 24.8 Å². The van der Waals surface area contributed by atoms with E-state index in [2.05, 4.69) is 6.92 Å². The summed E-state index contributed by atoms with van der Waals surface area (Å²) in [5.41, 5.74) is 0.143. The lowest BCUT2D eigenvalue weighted by Crippen LogP contribution is -2.46. The minimum atomic E-state index is -0.641. The van der Waals surface area contributed by atoms with Crippen LogP contribution in [0.4, 0.5) is 0 Å². The first-order valence-electron chi connectivity index (χ1n) is 7.58. The second-order valence-corrected chi connectivity index (χ2v) is 6.81. The summed E-state index contributed by atoms with van der Waals surface area (Å²) >= 11 is 12.2. The van der Waals surface area contributed by atoms with Gasteiger partial charge in [-0.3, -0.25) is 4.79 Å². The second-order valence-electron chi connectivity index (χ2n) is 5.96. The Kier molecular flexibility index (Phi) is 5.70. The topological polar surface area (TPSA) is 26.3 Å². The molecule has 0 radical (unpaired) electrons. The maximum Gasteiger partial charge on any atom is 0.169 e. The van der Waals surface area contributed by atoms with E-state index in [0.29, 0.717) is 22.6 Å². The molecule has 1 aliphatic carbocycles. The Morgan fingerprint density at radius 2 is 2.19 bits per heavy atom. The van der Waals surface area contributed by atoms with E-state index in [4.69, 9.17) is 27.9 Å². The molecule has 1 saturated carbocycles. The van der Waals surface area contributed by atoms with Crippen molar-refractivity contribution in [1.29, 1.82) is 0 Å². The molecule has 0 heterocycles. The van der Waals surface area contributed by atoms with Crippen LogP contribution < -0.4 is 0 Å². The maximum absolute atomic E-state index is 12.9. The first-order chi connectivity index (χ1) is 9.97. The van der Waals surface area contributed by atoms with E-state index in [1.807, 2.05) is 6.92 Å². The maximum atomic E-state index is 12.9. The van der Waals surface area contributed by atoms with Crippen molar-refractivity contribution < 1.29 is 9.53 Å². The van der Waals surface area contributed by atoms with Crippen molar-refractivity contribution in [1.82, 2.24) is 0 Å². The zero-order valence-corrected chi connectivity index (χ0v) is 14.1. The molecule has 116 valence electrons. The molecule has 1 aromatic rings. The third kappa shape index (κ3) is 4.00. The number of hydrogen-bond donors (Lipinski definition) is 0. The number of carbonyl (C=O) groups is 1. The van der Waals surface area contributed by atoms with Gasteiger partial charge in [0.1, 0.15) is 5.60 Å². The van der Waals surface area contributed by atoms with Gasteiger partial charge in [0.25, 0.3) is 0 Å². The molecule has 4 heteroatoms. The van der Waals surface area contributed by atoms with Crippen molar-refractivity contribution in [2.45, 2.75) is 51.6 Å². The first kappa shape index (κ1) is 16.8. The molecule has 0 aliphatic heterocycles. The molecule has 0 N–H and O–H groups in total. The summed E-state index contributed by atoms with van der Waals surface area (Å²) in [6.45, 7) is 4.69. The Hall–Kier alpha value is -0.570.